The highest BCUT2D eigenvalue weighted by molar-refractivity contribution is 6.39. The molecular formula is C27H22ClN3O6. The van der Waals surface area contributed by atoms with Gasteiger partial charge in [0.15, 0.2) is 6.61 Å². The highest BCUT2D eigenvalue weighted by Gasteiger charge is 2.37. The summed E-state index contributed by atoms with van der Waals surface area (Å²) in [5.74, 6) is -1.02. The minimum Gasteiger partial charge on any atom is -0.495 e. The fraction of sp³-hybridized carbons (Fsp3) is 0.111. The lowest BCUT2D eigenvalue weighted by molar-refractivity contribution is -0.122. The van der Waals surface area contributed by atoms with Crippen molar-refractivity contribution in [2.24, 2.45) is 0 Å². The summed E-state index contributed by atoms with van der Waals surface area (Å²) in [6, 6.07) is 17.4. The van der Waals surface area contributed by atoms with Crippen molar-refractivity contribution in [3.63, 3.8) is 0 Å². The van der Waals surface area contributed by atoms with Crippen molar-refractivity contribution in [3.8, 4) is 11.5 Å². The fourth-order valence-electron chi connectivity index (χ4n) is 3.62. The molecule has 1 heterocycles. The fourth-order valence-corrected chi connectivity index (χ4v) is 3.79. The first kappa shape index (κ1) is 25.5. The molecule has 0 atom stereocenters. The van der Waals surface area contributed by atoms with Crippen LogP contribution in [0.25, 0.3) is 6.08 Å². The zero-order chi connectivity index (χ0) is 26.5. The zero-order valence-electron chi connectivity index (χ0n) is 19.9. The van der Waals surface area contributed by atoms with Crippen molar-refractivity contribution in [1.82, 2.24) is 5.32 Å². The van der Waals surface area contributed by atoms with E-state index in [1.807, 2.05) is 0 Å². The average molecular weight is 520 g/mol. The van der Waals surface area contributed by atoms with E-state index in [0.717, 1.165) is 4.90 Å². The van der Waals surface area contributed by atoms with Crippen molar-refractivity contribution in [3.05, 3.63) is 88.5 Å². The highest BCUT2D eigenvalue weighted by atomic mass is 35.5. The highest BCUT2D eigenvalue weighted by Crippen LogP contribution is 2.29. The van der Waals surface area contributed by atoms with Gasteiger partial charge < -0.3 is 14.8 Å². The van der Waals surface area contributed by atoms with Crippen LogP contribution < -0.4 is 25.0 Å². The number of imide groups is 2. The topological polar surface area (TPSA) is 114 Å². The number of carbonyl (C=O) groups is 4. The second-order valence-electron chi connectivity index (χ2n) is 7.95. The number of para-hydroxylation sites is 2. The first-order valence-corrected chi connectivity index (χ1v) is 11.5. The number of amides is 5. The molecule has 0 bridgehead atoms. The van der Waals surface area contributed by atoms with E-state index in [1.54, 1.807) is 73.7 Å². The third-order valence-corrected chi connectivity index (χ3v) is 5.93. The summed E-state index contributed by atoms with van der Waals surface area (Å²) in [7, 11) is 1.51. The Labute approximate surface area is 217 Å². The Morgan fingerprint density at radius 2 is 1.76 bits per heavy atom. The number of barbiturate groups is 1. The number of halogens is 1. The van der Waals surface area contributed by atoms with Gasteiger partial charge in [0.1, 0.15) is 17.1 Å². The number of rotatable bonds is 7. The summed E-state index contributed by atoms with van der Waals surface area (Å²) in [5, 5.41) is 5.28. The van der Waals surface area contributed by atoms with E-state index in [1.165, 1.54) is 13.2 Å². The van der Waals surface area contributed by atoms with Gasteiger partial charge in [0.2, 0.25) is 0 Å². The number of urea groups is 1. The molecule has 1 aliphatic rings. The number of ether oxygens (including phenoxy) is 2. The summed E-state index contributed by atoms with van der Waals surface area (Å²) < 4.78 is 10.7. The van der Waals surface area contributed by atoms with Gasteiger partial charge >= 0.3 is 6.03 Å². The van der Waals surface area contributed by atoms with Gasteiger partial charge in [0.25, 0.3) is 17.7 Å². The smallest absolute Gasteiger partial charge is 0.335 e. The predicted molar refractivity (Wildman–Crippen MR) is 139 cm³/mol. The summed E-state index contributed by atoms with van der Waals surface area (Å²) in [6.45, 7) is 1.43. The van der Waals surface area contributed by atoms with Crippen molar-refractivity contribution in [1.29, 1.82) is 0 Å². The summed E-state index contributed by atoms with van der Waals surface area (Å²) >= 11 is 6.14. The molecule has 0 unspecified atom stereocenters. The molecule has 0 saturated carbocycles. The molecule has 0 aliphatic carbocycles. The first-order valence-electron chi connectivity index (χ1n) is 11.1. The van der Waals surface area contributed by atoms with Crippen molar-refractivity contribution < 1.29 is 28.7 Å². The molecule has 188 valence electrons. The van der Waals surface area contributed by atoms with Gasteiger partial charge in [-0.3, -0.25) is 19.7 Å². The average Bonchev–Trinajstić information content (AvgIpc) is 2.88. The van der Waals surface area contributed by atoms with Crippen LogP contribution in [0.4, 0.5) is 16.2 Å². The second-order valence-corrected chi connectivity index (χ2v) is 8.36. The number of benzene rings is 3. The van der Waals surface area contributed by atoms with Crippen LogP contribution in [-0.4, -0.2) is 37.5 Å². The lowest BCUT2D eigenvalue weighted by atomic mass is 10.1. The van der Waals surface area contributed by atoms with Crippen LogP contribution in [0.5, 0.6) is 11.5 Å². The molecule has 1 saturated heterocycles. The Hall–Kier alpha value is -4.63. The Morgan fingerprint density at radius 3 is 2.49 bits per heavy atom. The molecule has 3 aromatic rings. The van der Waals surface area contributed by atoms with Crippen LogP contribution in [0.3, 0.4) is 0 Å². The quantitative estimate of drug-likeness (QED) is 0.354. The molecule has 1 aliphatic heterocycles. The maximum atomic E-state index is 13.1. The van der Waals surface area contributed by atoms with Gasteiger partial charge in [-0.05, 0) is 60.5 Å². The van der Waals surface area contributed by atoms with E-state index in [-0.39, 0.29) is 23.8 Å². The van der Waals surface area contributed by atoms with E-state index in [4.69, 9.17) is 21.1 Å². The minimum absolute atomic E-state index is 0.219. The number of nitrogens with one attached hydrogen (secondary N) is 2. The van der Waals surface area contributed by atoms with Gasteiger partial charge in [-0.2, -0.15) is 0 Å². The lowest BCUT2D eigenvalue weighted by Crippen LogP contribution is -2.54. The molecule has 9 nitrogen and oxygen atoms in total. The molecule has 0 radical (unpaired) electrons. The van der Waals surface area contributed by atoms with Crippen LogP contribution in [0, 0.1) is 6.92 Å². The first-order chi connectivity index (χ1) is 17.8. The molecule has 2 N–H and O–H groups in total. The zero-order valence-corrected chi connectivity index (χ0v) is 20.7. The van der Waals surface area contributed by atoms with E-state index < -0.39 is 17.8 Å². The normalized spacial score (nSPS) is 14.4. The van der Waals surface area contributed by atoms with Crippen LogP contribution >= 0.6 is 11.6 Å². The molecule has 0 spiro atoms. The van der Waals surface area contributed by atoms with Gasteiger partial charge in [0, 0.05) is 5.02 Å². The second kappa shape index (κ2) is 11.0. The van der Waals surface area contributed by atoms with Crippen LogP contribution in [0.2, 0.25) is 5.02 Å². The van der Waals surface area contributed by atoms with Crippen LogP contribution in [0.15, 0.2) is 72.3 Å². The van der Waals surface area contributed by atoms with E-state index in [9.17, 15) is 19.2 Å². The van der Waals surface area contributed by atoms with Crippen LogP contribution in [0.1, 0.15) is 11.1 Å². The standard InChI is InChI=1S/C27H22ClN3O6/c1-16-20(28)6-5-8-22(16)31-26(34)19(25(33)30-27(31)35)14-17-10-12-18(13-11-17)37-15-24(32)29-21-7-3-4-9-23(21)36-2/h3-14H,15H2,1-2H3,(H,29,32)(H,30,33,35)/b19-14-. The van der Waals surface area contributed by atoms with E-state index in [2.05, 4.69) is 10.6 Å². The van der Waals surface area contributed by atoms with Crippen molar-refractivity contribution >= 4 is 52.8 Å². The molecule has 4 rings (SSSR count). The van der Waals surface area contributed by atoms with Gasteiger partial charge in [-0.15, -0.1) is 0 Å². The third kappa shape index (κ3) is 5.62. The predicted octanol–water partition coefficient (Wildman–Crippen LogP) is 4.34. The molecule has 10 heteroatoms. The summed E-state index contributed by atoms with van der Waals surface area (Å²) in [6.07, 6.45) is 1.37. The van der Waals surface area contributed by atoms with Gasteiger partial charge in [-0.1, -0.05) is 41.9 Å². The maximum absolute atomic E-state index is 13.1. The number of anilines is 2. The molecule has 37 heavy (non-hydrogen) atoms. The summed E-state index contributed by atoms with van der Waals surface area (Å²) in [5.41, 5.74) is 1.63. The Morgan fingerprint density at radius 1 is 1.03 bits per heavy atom. The largest absolute Gasteiger partial charge is 0.495 e. The number of carbonyl (C=O) groups excluding carboxylic acids is 4. The Balaban J connectivity index is 1.45. The van der Waals surface area contributed by atoms with Gasteiger partial charge in [-0.25, -0.2) is 9.69 Å². The molecule has 1 fully saturated rings. The molecule has 0 aromatic heterocycles. The van der Waals surface area contributed by atoms with E-state index >= 15 is 0 Å². The number of hydrogen-bond donors (Lipinski definition) is 2. The third-order valence-electron chi connectivity index (χ3n) is 5.52. The minimum atomic E-state index is -0.854. The SMILES string of the molecule is COc1ccccc1NC(=O)COc1ccc(/C=C2/C(=O)NC(=O)N(c3cccc(Cl)c3C)C2=O)cc1. The van der Waals surface area contributed by atoms with Crippen molar-refractivity contribution in [2.75, 3.05) is 23.9 Å². The number of hydrogen-bond acceptors (Lipinski definition) is 6. The number of methoxy groups -OCH3 is 1. The molecular weight excluding hydrogens is 498 g/mol. The molecule has 3 aromatic carbocycles. The lowest BCUT2D eigenvalue weighted by Gasteiger charge is -2.27. The Kier molecular flexibility index (Phi) is 7.55. The molecule has 5 amide bonds. The maximum Gasteiger partial charge on any atom is 0.335 e. The monoisotopic (exact) mass is 519 g/mol. The van der Waals surface area contributed by atoms with Crippen LogP contribution in [-0.2, 0) is 14.4 Å². The van der Waals surface area contributed by atoms with Crippen molar-refractivity contribution in [2.45, 2.75) is 6.92 Å². The summed E-state index contributed by atoms with van der Waals surface area (Å²) in [4.78, 5) is 51.1. The Bertz CT molecular complexity index is 1420. The number of nitrogens with zero attached hydrogens (tertiary/aromatic N) is 1. The van der Waals surface area contributed by atoms with E-state index in [0.29, 0.717) is 33.3 Å². The van der Waals surface area contributed by atoms with Gasteiger partial charge in [0.05, 0.1) is 18.5 Å².